The highest BCUT2D eigenvalue weighted by molar-refractivity contribution is 6.02. The SMILES string of the molecule is CCC1(CCCO)CC2=C(CCC=C2)N(c2ccc(C)cc2)C1=O. The lowest BCUT2D eigenvalue weighted by molar-refractivity contribution is -0.129. The van der Waals surface area contributed by atoms with Gasteiger partial charge in [0.25, 0.3) is 0 Å². The third-order valence-corrected chi connectivity index (χ3v) is 5.48. The number of hydrogen-bond acceptors (Lipinski definition) is 2. The lowest BCUT2D eigenvalue weighted by Crippen LogP contribution is -2.48. The predicted octanol–water partition coefficient (Wildman–Crippen LogP) is 4.50. The van der Waals surface area contributed by atoms with E-state index in [0.29, 0.717) is 6.42 Å². The second kappa shape index (κ2) is 6.94. The Morgan fingerprint density at radius 3 is 2.67 bits per heavy atom. The lowest BCUT2D eigenvalue weighted by Gasteiger charge is -2.44. The fraction of sp³-hybridized carbons (Fsp3) is 0.476. The van der Waals surface area contributed by atoms with E-state index >= 15 is 0 Å². The first kappa shape index (κ1) is 17.0. The van der Waals surface area contributed by atoms with Gasteiger partial charge in [-0.1, -0.05) is 36.8 Å². The molecular formula is C21H27NO2. The highest BCUT2D eigenvalue weighted by atomic mass is 16.3. The fourth-order valence-electron chi connectivity index (χ4n) is 3.95. The maximum Gasteiger partial charge on any atom is 0.237 e. The van der Waals surface area contributed by atoms with Gasteiger partial charge < -0.3 is 5.11 Å². The summed E-state index contributed by atoms with van der Waals surface area (Å²) in [6.45, 7) is 4.30. The Morgan fingerprint density at radius 1 is 1.25 bits per heavy atom. The van der Waals surface area contributed by atoms with Crippen LogP contribution < -0.4 is 4.90 Å². The van der Waals surface area contributed by atoms with Crippen LogP contribution in [0.15, 0.2) is 47.7 Å². The van der Waals surface area contributed by atoms with E-state index in [-0.39, 0.29) is 12.5 Å². The van der Waals surface area contributed by atoms with Crippen molar-refractivity contribution < 1.29 is 9.90 Å². The monoisotopic (exact) mass is 325 g/mol. The average molecular weight is 325 g/mol. The summed E-state index contributed by atoms with van der Waals surface area (Å²) in [6.07, 6.45) is 9.36. The highest BCUT2D eigenvalue weighted by Crippen LogP contribution is 2.46. The summed E-state index contributed by atoms with van der Waals surface area (Å²) in [4.78, 5) is 15.5. The quantitative estimate of drug-likeness (QED) is 0.865. The van der Waals surface area contributed by atoms with Crippen LogP contribution in [0.5, 0.6) is 0 Å². The number of allylic oxidation sites excluding steroid dienone is 4. The molecule has 0 saturated heterocycles. The molecule has 1 heterocycles. The van der Waals surface area contributed by atoms with Crippen molar-refractivity contribution in [1.82, 2.24) is 0 Å². The Balaban J connectivity index is 2.07. The number of aryl methyl sites for hydroxylation is 1. The van der Waals surface area contributed by atoms with E-state index in [2.05, 4.69) is 38.1 Å². The molecule has 1 aliphatic carbocycles. The molecule has 0 spiro atoms. The molecule has 3 rings (SSSR count). The van der Waals surface area contributed by atoms with Gasteiger partial charge in [0.15, 0.2) is 0 Å². The number of carbonyl (C=O) groups excluding carboxylic acids is 1. The molecule has 1 N–H and O–H groups in total. The molecule has 0 aromatic heterocycles. The first-order valence-corrected chi connectivity index (χ1v) is 9.02. The van der Waals surface area contributed by atoms with Crippen LogP contribution in [0, 0.1) is 12.3 Å². The van der Waals surface area contributed by atoms with Crippen LogP contribution in [-0.2, 0) is 4.79 Å². The van der Waals surface area contributed by atoms with Gasteiger partial charge in [0.1, 0.15) is 0 Å². The second-order valence-electron chi connectivity index (χ2n) is 7.03. The van der Waals surface area contributed by atoms with E-state index in [1.807, 2.05) is 17.0 Å². The summed E-state index contributed by atoms with van der Waals surface area (Å²) in [5, 5.41) is 9.29. The Morgan fingerprint density at radius 2 is 2.00 bits per heavy atom. The second-order valence-corrected chi connectivity index (χ2v) is 7.03. The zero-order valence-electron chi connectivity index (χ0n) is 14.7. The van der Waals surface area contributed by atoms with Gasteiger partial charge in [0.05, 0.1) is 5.41 Å². The third kappa shape index (κ3) is 2.93. The summed E-state index contributed by atoms with van der Waals surface area (Å²) < 4.78 is 0. The first-order chi connectivity index (χ1) is 11.6. The molecule has 0 radical (unpaired) electrons. The standard InChI is InChI=1S/C21H27NO2/c1-3-21(13-6-14-23)15-17-7-4-5-8-19(17)22(20(21)24)18-11-9-16(2)10-12-18/h4,7,9-12,23H,3,5-6,8,13-15H2,1-2H3. The summed E-state index contributed by atoms with van der Waals surface area (Å²) in [7, 11) is 0. The molecule has 3 nitrogen and oxygen atoms in total. The number of benzene rings is 1. The van der Waals surface area contributed by atoms with E-state index in [1.54, 1.807) is 0 Å². The number of aliphatic hydroxyl groups excluding tert-OH is 1. The van der Waals surface area contributed by atoms with Crippen LogP contribution in [-0.4, -0.2) is 17.6 Å². The van der Waals surface area contributed by atoms with Crippen molar-refractivity contribution in [3.05, 3.63) is 53.3 Å². The number of anilines is 1. The minimum atomic E-state index is -0.395. The fourth-order valence-corrected chi connectivity index (χ4v) is 3.95. The molecule has 1 unspecified atom stereocenters. The van der Waals surface area contributed by atoms with E-state index in [0.717, 1.165) is 37.8 Å². The molecule has 24 heavy (non-hydrogen) atoms. The maximum atomic E-state index is 13.5. The van der Waals surface area contributed by atoms with Gasteiger partial charge in [-0.3, -0.25) is 9.69 Å². The molecule has 0 fully saturated rings. The average Bonchev–Trinajstić information content (AvgIpc) is 2.61. The summed E-state index contributed by atoms with van der Waals surface area (Å²) in [6, 6.07) is 8.23. The van der Waals surface area contributed by atoms with Crippen LogP contribution in [0.25, 0.3) is 0 Å². The number of amides is 1. The number of carbonyl (C=O) groups is 1. The van der Waals surface area contributed by atoms with Crippen LogP contribution in [0.1, 0.15) is 51.0 Å². The van der Waals surface area contributed by atoms with E-state index < -0.39 is 5.41 Å². The van der Waals surface area contributed by atoms with Crippen molar-refractivity contribution in [3.8, 4) is 0 Å². The molecule has 1 aliphatic heterocycles. The van der Waals surface area contributed by atoms with Gasteiger partial charge in [-0.2, -0.15) is 0 Å². The molecule has 1 amide bonds. The van der Waals surface area contributed by atoms with Gasteiger partial charge in [-0.15, -0.1) is 0 Å². The maximum absolute atomic E-state index is 13.5. The minimum absolute atomic E-state index is 0.140. The molecular weight excluding hydrogens is 298 g/mol. The van der Waals surface area contributed by atoms with Gasteiger partial charge in [0.2, 0.25) is 5.91 Å². The van der Waals surface area contributed by atoms with Crippen molar-refractivity contribution in [2.24, 2.45) is 5.41 Å². The Hall–Kier alpha value is -1.87. The molecule has 1 aromatic carbocycles. The van der Waals surface area contributed by atoms with E-state index in [4.69, 9.17) is 0 Å². The normalized spacial score (nSPS) is 23.6. The highest BCUT2D eigenvalue weighted by Gasteiger charge is 2.45. The zero-order chi connectivity index (χ0) is 17.2. The van der Waals surface area contributed by atoms with Crippen LogP contribution in [0.2, 0.25) is 0 Å². The van der Waals surface area contributed by atoms with Crippen molar-refractivity contribution in [1.29, 1.82) is 0 Å². The molecule has 3 heteroatoms. The van der Waals surface area contributed by atoms with Crippen LogP contribution >= 0.6 is 0 Å². The van der Waals surface area contributed by atoms with Gasteiger partial charge in [0, 0.05) is 18.0 Å². The largest absolute Gasteiger partial charge is 0.396 e. The molecule has 1 atom stereocenters. The number of hydrogen-bond donors (Lipinski definition) is 1. The Kier molecular flexibility index (Phi) is 4.91. The minimum Gasteiger partial charge on any atom is -0.396 e. The number of nitrogens with zero attached hydrogens (tertiary/aromatic N) is 1. The van der Waals surface area contributed by atoms with Crippen molar-refractivity contribution in [2.45, 2.75) is 52.4 Å². The summed E-state index contributed by atoms with van der Waals surface area (Å²) >= 11 is 0. The number of rotatable bonds is 5. The van der Waals surface area contributed by atoms with Crippen molar-refractivity contribution in [2.75, 3.05) is 11.5 Å². The van der Waals surface area contributed by atoms with E-state index in [1.165, 1.54) is 16.8 Å². The molecule has 2 aliphatic rings. The van der Waals surface area contributed by atoms with E-state index in [9.17, 15) is 9.90 Å². The van der Waals surface area contributed by atoms with Gasteiger partial charge in [-0.05, 0) is 63.2 Å². The first-order valence-electron chi connectivity index (χ1n) is 9.02. The van der Waals surface area contributed by atoms with Crippen LogP contribution in [0.4, 0.5) is 5.69 Å². The summed E-state index contributed by atoms with van der Waals surface area (Å²) in [5.74, 6) is 0.205. The Labute approximate surface area is 144 Å². The third-order valence-electron chi connectivity index (χ3n) is 5.48. The van der Waals surface area contributed by atoms with Crippen LogP contribution in [0.3, 0.4) is 0 Å². The molecule has 0 bridgehead atoms. The van der Waals surface area contributed by atoms with Crippen molar-refractivity contribution >= 4 is 11.6 Å². The van der Waals surface area contributed by atoms with Gasteiger partial charge >= 0.3 is 0 Å². The Bertz CT molecular complexity index is 672. The zero-order valence-corrected chi connectivity index (χ0v) is 14.7. The molecule has 1 aromatic rings. The lowest BCUT2D eigenvalue weighted by atomic mass is 9.70. The smallest absolute Gasteiger partial charge is 0.237 e. The predicted molar refractivity (Wildman–Crippen MR) is 97.7 cm³/mol. The number of aliphatic hydroxyl groups is 1. The summed E-state index contributed by atoms with van der Waals surface area (Å²) in [5.41, 5.74) is 4.23. The van der Waals surface area contributed by atoms with Gasteiger partial charge in [-0.25, -0.2) is 0 Å². The molecule has 0 saturated carbocycles. The topological polar surface area (TPSA) is 40.5 Å². The molecule has 128 valence electrons. The van der Waals surface area contributed by atoms with Crippen molar-refractivity contribution in [3.63, 3.8) is 0 Å².